The van der Waals surface area contributed by atoms with Crippen molar-refractivity contribution in [3.63, 3.8) is 0 Å². The summed E-state index contributed by atoms with van der Waals surface area (Å²) in [5.74, 6) is 1.91. The molecule has 4 aliphatic carbocycles. The van der Waals surface area contributed by atoms with Gasteiger partial charge in [-0.25, -0.2) is 9.18 Å². The third kappa shape index (κ3) is 1.72. The highest BCUT2D eigenvalue weighted by atomic mass is 19.1. The van der Waals surface area contributed by atoms with Gasteiger partial charge >= 0.3 is 5.97 Å². The van der Waals surface area contributed by atoms with Crippen LogP contribution in [0.25, 0.3) is 0 Å². The molecule has 4 bridgehead atoms. The standard InChI is InChI=1S/C18H27FO2/c1-16(2,3)21-15(20)18(19)9-17(4)8-12(18)13-10-5-6-11(7-10)14(13)17/h10-14H,5-9H2,1-4H3. The minimum absolute atomic E-state index is 0.0286. The molecule has 4 rings (SSSR count). The zero-order valence-electron chi connectivity index (χ0n) is 13.6. The summed E-state index contributed by atoms with van der Waals surface area (Å²) in [6, 6.07) is 0. The van der Waals surface area contributed by atoms with E-state index in [-0.39, 0.29) is 11.3 Å². The maximum Gasteiger partial charge on any atom is 0.344 e. The SMILES string of the molecule is CC(C)(C)OC(=O)C1(F)CC2(C)CC1C1C3CCC(C3)C12. The van der Waals surface area contributed by atoms with E-state index in [9.17, 15) is 4.79 Å². The number of carbonyl (C=O) groups is 1. The number of rotatable bonds is 1. The first-order chi connectivity index (χ1) is 9.64. The van der Waals surface area contributed by atoms with Crippen LogP contribution in [0.3, 0.4) is 0 Å². The molecular weight excluding hydrogens is 267 g/mol. The molecule has 0 spiro atoms. The van der Waals surface area contributed by atoms with E-state index < -0.39 is 17.2 Å². The smallest absolute Gasteiger partial charge is 0.344 e. The Kier molecular flexibility index (Phi) is 2.56. The van der Waals surface area contributed by atoms with Gasteiger partial charge < -0.3 is 4.74 Å². The maximum absolute atomic E-state index is 15.7. The topological polar surface area (TPSA) is 26.3 Å². The van der Waals surface area contributed by atoms with Crippen LogP contribution in [-0.2, 0) is 9.53 Å². The van der Waals surface area contributed by atoms with Gasteiger partial charge in [0.25, 0.3) is 0 Å². The number of carbonyl (C=O) groups excluding carboxylic acids is 1. The largest absolute Gasteiger partial charge is 0.458 e. The van der Waals surface area contributed by atoms with Crippen LogP contribution < -0.4 is 0 Å². The van der Waals surface area contributed by atoms with Crippen molar-refractivity contribution in [3.8, 4) is 0 Å². The van der Waals surface area contributed by atoms with Gasteiger partial charge in [-0.2, -0.15) is 0 Å². The molecule has 2 nitrogen and oxygen atoms in total. The molecule has 118 valence electrons. The maximum atomic E-state index is 15.7. The van der Waals surface area contributed by atoms with E-state index in [1.165, 1.54) is 19.3 Å². The molecule has 0 aromatic rings. The summed E-state index contributed by atoms with van der Waals surface area (Å²) in [5, 5.41) is 0. The summed E-state index contributed by atoms with van der Waals surface area (Å²) in [6.45, 7) is 7.70. The fourth-order valence-electron chi connectivity index (χ4n) is 6.69. The summed E-state index contributed by atoms with van der Waals surface area (Å²) in [6.07, 6.45) is 5.16. The zero-order valence-corrected chi connectivity index (χ0v) is 13.6. The highest BCUT2D eigenvalue weighted by Crippen LogP contribution is 2.75. The first kappa shape index (κ1) is 14.0. The molecule has 3 heteroatoms. The number of hydrogen-bond acceptors (Lipinski definition) is 2. The van der Waals surface area contributed by atoms with Crippen LogP contribution in [-0.4, -0.2) is 17.2 Å². The van der Waals surface area contributed by atoms with Crippen LogP contribution in [0.4, 0.5) is 4.39 Å². The van der Waals surface area contributed by atoms with Gasteiger partial charge in [-0.1, -0.05) is 6.92 Å². The lowest BCUT2D eigenvalue weighted by Crippen LogP contribution is -2.51. The van der Waals surface area contributed by atoms with Gasteiger partial charge in [0.15, 0.2) is 0 Å². The van der Waals surface area contributed by atoms with Gasteiger partial charge in [-0.05, 0) is 82.0 Å². The van der Waals surface area contributed by atoms with Crippen LogP contribution in [0, 0.1) is 35.0 Å². The minimum atomic E-state index is -1.73. The van der Waals surface area contributed by atoms with Crippen molar-refractivity contribution in [1.29, 1.82) is 0 Å². The minimum Gasteiger partial charge on any atom is -0.458 e. The second-order valence-electron chi connectivity index (χ2n) is 9.44. The van der Waals surface area contributed by atoms with Crippen LogP contribution >= 0.6 is 0 Å². The number of fused-ring (bicyclic) bond motifs is 9. The van der Waals surface area contributed by atoms with Crippen LogP contribution in [0.15, 0.2) is 0 Å². The molecule has 4 aliphatic rings. The van der Waals surface area contributed by atoms with E-state index in [0.29, 0.717) is 24.2 Å². The molecule has 7 unspecified atom stereocenters. The third-order valence-corrected chi connectivity index (χ3v) is 6.92. The Balaban J connectivity index is 1.64. The van der Waals surface area contributed by atoms with Crippen LogP contribution in [0.2, 0.25) is 0 Å². The Morgan fingerprint density at radius 3 is 2.57 bits per heavy atom. The average molecular weight is 294 g/mol. The first-order valence-electron chi connectivity index (χ1n) is 8.56. The number of alkyl halides is 1. The van der Waals surface area contributed by atoms with E-state index in [4.69, 9.17) is 4.74 Å². The molecule has 0 aromatic heterocycles. The van der Waals surface area contributed by atoms with E-state index in [2.05, 4.69) is 6.92 Å². The molecule has 4 saturated carbocycles. The lowest BCUT2D eigenvalue weighted by Gasteiger charge is -2.45. The Labute approximate surface area is 126 Å². The third-order valence-electron chi connectivity index (χ3n) is 6.92. The molecule has 0 aromatic carbocycles. The first-order valence-corrected chi connectivity index (χ1v) is 8.56. The molecule has 0 amide bonds. The van der Waals surface area contributed by atoms with Crippen LogP contribution in [0.1, 0.15) is 59.8 Å². The average Bonchev–Trinajstić information content (AvgIpc) is 3.02. The van der Waals surface area contributed by atoms with Crippen molar-refractivity contribution in [2.45, 2.75) is 71.1 Å². The van der Waals surface area contributed by atoms with E-state index >= 15 is 4.39 Å². The molecule has 0 aliphatic heterocycles. The molecule has 0 saturated heterocycles. The molecule has 4 fully saturated rings. The zero-order chi connectivity index (χ0) is 15.2. The molecule has 7 atom stereocenters. The summed E-state index contributed by atoms with van der Waals surface area (Å²) >= 11 is 0. The Hall–Kier alpha value is -0.600. The molecule has 0 radical (unpaired) electrons. The normalized spacial score (nSPS) is 54.0. The van der Waals surface area contributed by atoms with Crippen molar-refractivity contribution >= 4 is 5.97 Å². The molecule has 0 heterocycles. The summed E-state index contributed by atoms with van der Waals surface area (Å²) < 4.78 is 21.1. The van der Waals surface area contributed by atoms with Crippen molar-refractivity contribution in [3.05, 3.63) is 0 Å². The second kappa shape index (κ2) is 3.83. The summed E-state index contributed by atoms with van der Waals surface area (Å²) in [7, 11) is 0. The van der Waals surface area contributed by atoms with E-state index in [1.807, 2.05) is 20.8 Å². The van der Waals surface area contributed by atoms with Gasteiger partial charge in [0.05, 0.1) is 0 Å². The predicted octanol–water partition coefficient (Wildman–Crippen LogP) is 4.13. The number of hydrogen-bond donors (Lipinski definition) is 0. The molecule has 21 heavy (non-hydrogen) atoms. The predicted molar refractivity (Wildman–Crippen MR) is 78.3 cm³/mol. The quantitative estimate of drug-likeness (QED) is 0.537. The fraction of sp³-hybridized carbons (Fsp3) is 0.944. The molecule has 0 N–H and O–H groups in total. The monoisotopic (exact) mass is 294 g/mol. The second-order valence-corrected chi connectivity index (χ2v) is 9.44. The van der Waals surface area contributed by atoms with Gasteiger partial charge in [-0.15, -0.1) is 0 Å². The highest BCUT2D eigenvalue weighted by molar-refractivity contribution is 5.81. The van der Waals surface area contributed by atoms with Gasteiger partial charge in [0.2, 0.25) is 5.67 Å². The Morgan fingerprint density at radius 1 is 1.24 bits per heavy atom. The van der Waals surface area contributed by atoms with Crippen molar-refractivity contribution in [1.82, 2.24) is 0 Å². The Morgan fingerprint density at radius 2 is 1.90 bits per heavy atom. The lowest BCUT2D eigenvalue weighted by atomic mass is 9.61. The summed E-state index contributed by atoms with van der Waals surface area (Å²) in [5.41, 5.74) is -2.30. The number of halogens is 1. The van der Waals surface area contributed by atoms with E-state index in [0.717, 1.165) is 12.3 Å². The van der Waals surface area contributed by atoms with Crippen molar-refractivity contribution in [2.75, 3.05) is 0 Å². The van der Waals surface area contributed by atoms with Crippen molar-refractivity contribution < 1.29 is 13.9 Å². The van der Waals surface area contributed by atoms with Gasteiger partial charge in [0.1, 0.15) is 5.60 Å². The Bertz CT molecular complexity index is 496. The van der Waals surface area contributed by atoms with Crippen molar-refractivity contribution in [2.24, 2.45) is 35.0 Å². The van der Waals surface area contributed by atoms with Crippen LogP contribution in [0.5, 0.6) is 0 Å². The fourth-order valence-corrected chi connectivity index (χ4v) is 6.69. The van der Waals surface area contributed by atoms with E-state index in [1.54, 1.807) is 0 Å². The van der Waals surface area contributed by atoms with Gasteiger partial charge in [-0.3, -0.25) is 0 Å². The number of ether oxygens (including phenoxy) is 1. The van der Waals surface area contributed by atoms with Gasteiger partial charge in [0, 0.05) is 5.92 Å². The highest BCUT2D eigenvalue weighted by Gasteiger charge is 2.74. The molecular formula is C18H27FO2. The summed E-state index contributed by atoms with van der Waals surface area (Å²) in [4.78, 5) is 12.5. The lowest BCUT2D eigenvalue weighted by molar-refractivity contribution is -0.178. The number of esters is 1.